The molecule has 10 amide bonds. The van der Waals surface area contributed by atoms with E-state index in [1.165, 1.54) is 49.3 Å². The summed E-state index contributed by atoms with van der Waals surface area (Å²) in [6.07, 6.45) is 3.99. The van der Waals surface area contributed by atoms with Gasteiger partial charge in [0.15, 0.2) is 0 Å². The van der Waals surface area contributed by atoms with E-state index in [0.29, 0.717) is 62.9 Å². The quantitative estimate of drug-likeness (QED) is 0.0355. The Morgan fingerprint density at radius 3 is 2.03 bits per heavy atom. The highest BCUT2D eigenvalue weighted by Crippen LogP contribution is 2.31. The number of benzene rings is 2. The largest absolute Gasteiger partial charge is 0.445 e. The van der Waals surface area contributed by atoms with Gasteiger partial charge in [0.2, 0.25) is 51.4 Å². The zero-order valence-corrected chi connectivity index (χ0v) is 58.4. The number of nitrogens with two attached hydrogens (primary N) is 2. The number of ether oxygens (including phenoxy) is 3. The van der Waals surface area contributed by atoms with Crippen molar-refractivity contribution < 1.29 is 65.8 Å². The van der Waals surface area contributed by atoms with Crippen LogP contribution in [0.5, 0.6) is 0 Å². The van der Waals surface area contributed by atoms with Gasteiger partial charge in [-0.25, -0.2) is 27.7 Å². The summed E-state index contributed by atoms with van der Waals surface area (Å²) in [5.41, 5.74) is 11.1. The molecule has 524 valence electrons. The first kappa shape index (κ1) is 79.1. The number of amides is 10. The van der Waals surface area contributed by atoms with Gasteiger partial charge in [-0.2, -0.15) is 0 Å². The maximum Gasteiger partial charge on any atom is 0.408 e. The lowest BCUT2D eigenvalue weighted by molar-refractivity contribution is -0.148. The van der Waals surface area contributed by atoms with Crippen LogP contribution in [0.3, 0.4) is 0 Å². The highest BCUT2D eigenvalue weighted by atomic mass is 32.2. The molecule has 1 fully saturated rings. The second-order valence-electron chi connectivity index (χ2n) is 25.4. The number of likely N-dealkylation sites (tertiary alicyclic amines) is 1. The van der Waals surface area contributed by atoms with Crippen LogP contribution in [0.4, 0.5) is 15.3 Å². The third-order valence-corrected chi connectivity index (χ3v) is 18.5. The fourth-order valence-electron chi connectivity index (χ4n) is 11.4. The Morgan fingerprint density at radius 1 is 0.798 bits per heavy atom. The van der Waals surface area contributed by atoms with Crippen LogP contribution >= 0.6 is 11.3 Å². The third-order valence-electron chi connectivity index (χ3n) is 16.9. The van der Waals surface area contributed by atoms with Gasteiger partial charge >= 0.3 is 12.1 Å². The van der Waals surface area contributed by atoms with Crippen LogP contribution in [0.25, 0.3) is 0 Å². The molecule has 29 heteroatoms. The van der Waals surface area contributed by atoms with E-state index in [2.05, 4.69) is 46.9 Å². The fraction of sp³-hybridized carbons (Fsp3) is 0.631. The Labute approximate surface area is 558 Å². The maximum atomic E-state index is 14.7. The number of carbonyl (C=O) groups excluding carboxylic acids is 9. The molecule has 12 N–H and O–H groups in total. The summed E-state index contributed by atoms with van der Waals surface area (Å²) in [7, 11) is 0.865. The lowest BCUT2D eigenvalue weighted by atomic mass is 9.89. The Kier molecular flexibility index (Phi) is 32.2. The molecule has 0 saturated carbocycles. The van der Waals surface area contributed by atoms with Gasteiger partial charge in [-0.3, -0.25) is 33.6 Å². The first-order valence-electron chi connectivity index (χ1n) is 32.2. The van der Waals surface area contributed by atoms with Gasteiger partial charge in [-0.05, 0) is 106 Å². The number of nitrogens with one attached hydrogen (secondary N) is 8. The molecule has 1 aromatic heterocycles. The Morgan fingerprint density at radius 2 is 1.46 bits per heavy atom. The molecule has 2 aromatic carbocycles. The van der Waals surface area contributed by atoms with Crippen LogP contribution < -0.4 is 53.4 Å². The third kappa shape index (κ3) is 24.8. The van der Waals surface area contributed by atoms with E-state index in [-0.39, 0.29) is 62.6 Å². The number of aromatic nitrogens is 1. The van der Waals surface area contributed by atoms with Crippen molar-refractivity contribution in [3.05, 3.63) is 82.3 Å². The monoisotopic (exact) mass is 1350 g/mol. The molecule has 0 unspecified atom stereocenters. The van der Waals surface area contributed by atoms with Gasteiger partial charge in [0.05, 0.1) is 48.9 Å². The first-order chi connectivity index (χ1) is 44.4. The normalized spacial score (nSPS) is 16.6. The summed E-state index contributed by atoms with van der Waals surface area (Å²) in [5.74, 6) is -5.41. The summed E-state index contributed by atoms with van der Waals surface area (Å²) >= 11 is 1.46. The number of rotatable bonds is 39. The van der Waals surface area contributed by atoms with Crippen molar-refractivity contribution in [3.63, 3.8) is 0 Å². The predicted molar refractivity (Wildman–Crippen MR) is 359 cm³/mol. The summed E-state index contributed by atoms with van der Waals surface area (Å²) < 4.78 is 44.2. The minimum Gasteiger partial charge on any atom is -0.445 e. The second-order valence-corrected chi connectivity index (χ2v) is 28.1. The highest BCUT2D eigenvalue weighted by Gasteiger charge is 2.44. The topological polar surface area (TPSA) is 383 Å². The van der Waals surface area contributed by atoms with Crippen LogP contribution in [-0.2, 0) is 70.8 Å². The molecule has 11 atom stereocenters. The molecule has 2 heterocycles. The number of anilines is 1. The van der Waals surface area contributed by atoms with Crippen LogP contribution in [0, 0.1) is 23.7 Å². The van der Waals surface area contributed by atoms with E-state index in [1.54, 1.807) is 65.1 Å². The molecule has 0 spiro atoms. The number of likely N-dealkylation sites (N-methyl/N-ethyl adjacent to an activating group) is 1. The Hall–Kier alpha value is -7.31. The molecule has 0 bridgehead atoms. The van der Waals surface area contributed by atoms with Gasteiger partial charge < -0.3 is 72.7 Å². The van der Waals surface area contributed by atoms with Crippen LogP contribution in [0.2, 0.25) is 0 Å². The second kappa shape index (κ2) is 38.3. The number of alkyl carbamates (subject to hydrolysis) is 1. The molecule has 1 aliphatic rings. The van der Waals surface area contributed by atoms with Gasteiger partial charge in [0.25, 0.3) is 0 Å². The lowest BCUT2D eigenvalue weighted by Crippen LogP contribution is -2.62. The maximum absolute atomic E-state index is 14.7. The van der Waals surface area contributed by atoms with E-state index in [1.807, 2.05) is 56.5 Å². The Bertz CT molecular complexity index is 3050. The van der Waals surface area contributed by atoms with E-state index in [9.17, 15) is 51.6 Å². The van der Waals surface area contributed by atoms with Gasteiger partial charge in [-0.1, -0.05) is 104 Å². The van der Waals surface area contributed by atoms with Crippen molar-refractivity contribution in [1.29, 1.82) is 0 Å². The zero-order valence-electron chi connectivity index (χ0n) is 56.8. The minimum absolute atomic E-state index is 0.0288. The molecular formula is C65H103N13O14S2. The van der Waals surface area contributed by atoms with Crippen molar-refractivity contribution in [1.82, 2.24) is 51.4 Å². The fourth-order valence-corrected chi connectivity index (χ4v) is 12.8. The predicted octanol–water partition coefficient (Wildman–Crippen LogP) is 4.37. The number of unbranched alkanes of at least 4 members (excludes halogenated alkanes) is 1. The number of hydrogen-bond acceptors (Lipinski definition) is 17. The molecule has 1 saturated heterocycles. The summed E-state index contributed by atoms with van der Waals surface area (Å²) in [6, 6.07) is 9.25. The van der Waals surface area contributed by atoms with Crippen molar-refractivity contribution >= 4 is 80.5 Å². The molecule has 0 radical (unpaired) electrons. The molecule has 0 aliphatic carbocycles. The van der Waals surface area contributed by atoms with Crippen LogP contribution in [0.15, 0.2) is 66.2 Å². The van der Waals surface area contributed by atoms with Crippen molar-refractivity contribution in [2.45, 2.75) is 193 Å². The first-order valence-corrected chi connectivity index (χ1v) is 35.0. The number of sulfonamides is 1. The van der Waals surface area contributed by atoms with Crippen LogP contribution in [0.1, 0.15) is 142 Å². The van der Waals surface area contributed by atoms with E-state index >= 15 is 0 Å². The molecule has 3 aromatic rings. The van der Waals surface area contributed by atoms with Gasteiger partial charge in [-0.15, -0.1) is 11.3 Å². The zero-order chi connectivity index (χ0) is 70.0. The standard InChI is InChI=1S/C65H103N13O14S2/c1-14-41(6)54(50(90-11)37-51(79)78-34-21-26-49(78)55(91-12)42(7)56(80)72-48(60-68-33-35-93-60)36-43-22-16-15-17-23-43)77(10)61(84)53(40(4)5)74-62(85)65(8,9)75-64(87)92-38-44-27-29-45(30-28-44)70-57(81)46(25-20-32-69-63(67)86)71-59(83)52(39(2)3)73-58(82)47(24-18-19-31-66)76-94(13,88)89/h15-17,22-23,27-30,33,35,39-42,46-50,52-55,76H,14,18-21,24-26,31-32,34,36-38,66H2,1-13H3,(H,70,81)(H,71,83)(H,72,80)(H,73,82)(H,74,85)(H,75,87)(H3,67,69,86)/t41-,42+,46-,47+,48-,49-,50+,52-,53-,54-,55+/m0/s1. The number of methoxy groups -OCH3 is 2. The number of hydrogen-bond donors (Lipinski definition) is 10. The number of nitrogens with zero attached hydrogens (tertiary/aromatic N) is 3. The number of carbonyl (C=O) groups is 9. The molecular weight excluding hydrogens is 1250 g/mol. The van der Waals surface area contributed by atoms with E-state index in [0.717, 1.165) is 16.8 Å². The van der Waals surface area contributed by atoms with E-state index < -0.39 is 123 Å². The van der Waals surface area contributed by atoms with Crippen molar-refractivity contribution in [2.24, 2.45) is 35.1 Å². The van der Waals surface area contributed by atoms with Crippen molar-refractivity contribution in [3.8, 4) is 0 Å². The number of urea groups is 1. The minimum atomic E-state index is -3.81. The SMILES string of the molecule is CC[C@H](C)[C@@H]([C@@H](CC(=O)N1CCC[C@H]1[C@H](OC)[C@@H](C)C(=O)N[C@@H](Cc1ccccc1)c1nccs1)OC)N(C)C(=O)[C@@H](NC(=O)C(C)(C)NC(=O)OCc1ccc(NC(=O)[C@H](CCCNC(N)=O)NC(=O)[C@@H](NC(=O)[C@@H](CCCCN)NS(C)(=O)=O)C(C)C)cc1)C(C)C. The lowest BCUT2D eigenvalue weighted by Gasteiger charge is -2.41. The molecule has 4 rings (SSSR count). The number of primary amides is 1. The van der Waals surface area contributed by atoms with Gasteiger partial charge in [0, 0.05) is 51.6 Å². The summed E-state index contributed by atoms with van der Waals surface area (Å²) in [6.45, 7) is 16.2. The number of thiazole rings is 1. The van der Waals surface area contributed by atoms with Crippen LogP contribution in [-0.4, -0.2) is 178 Å². The summed E-state index contributed by atoms with van der Waals surface area (Å²) in [4.78, 5) is 131. The van der Waals surface area contributed by atoms with Crippen molar-refractivity contribution in [2.75, 3.05) is 52.5 Å². The molecule has 94 heavy (non-hydrogen) atoms. The highest BCUT2D eigenvalue weighted by molar-refractivity contribution is 7.88. The van der Waals surface area contributed by atoms with Gasteiger partial charge in [0.1, 0.15) is 41.3 Å². The van der Waals surface area contributed by atoms with E-state index in [4.69, 9.17) is 25.7 Å². The summed E-state index contributed by atoms with van der Waals surface area (Å²) in [5, 5.41) is 21.8. The molecule has 27 nitrogen and oxygen atoms in total. The molecule has 1 aliphatic heterocycles. The smallest absolute Gasteiger partial charge is 0.408 e. The Balaban J connectivity index is 1.38. The average Bonchev–Trinajstić information content (AvgIpc) is 1.40. The average molecular weight is 1350 g/mol.